The molecule has 2 aliphatic rings. The number of ether oxygens (including phenoxy) is 1. The van der Waals surface area contributed by atoms with Crippen LogP contribution in [0.3, 0.4) is 0 Å². The van der Waals surface area contributed by atoms with Gasteiger partial charge in [0.05, 0.1) is 16.7 Å². The first-order chi connectivity index (χ1) is 10.9. The molecule has 0 bridgehead atoms. The third kappa shape index (κ3) is 3.63. The third-order valence-electron chi connectivity index (χ3n) is 4.27. The molecule has 1 N–H and O–H groups in total. The molecule has 2 atom stereocenters. The number of thioether (sulfide) groups is 1. The van der Waals surface area contributed by atoms with E-state index in [1.807, 2.05) is 11.8 Å². The number of pyridine rings is 1. The third-order valence-corrected chi connectivity index (χ3v) is 5.49. The average Bonchev–Trinajstić information content (AvgIpc) is 2.94. The summed E-state index contributed by atoms with van der Waals surface area (Å²) in [6, 6.07) is 0.947. The molecule has 1 aromatic rings. The molecule has 3 rings (SSSR count). The molecule has 2 saturated heterocycles. The Morgan fingerprint density at radius 1 is 1.48 bits per heavy atom. The summed E-state index contributed by atoms with van der Waals surface area (Å²) in [5.74, 6) is 1.19. The maximum Gasteiger partial charge on any atom is 0.418 e. The Bertz CT molecular complexity index is 588. The van der Waals surface area contributed by atoms with Gasteiger partial charge in [0.25, 0.3) is 5.91 Å². The molecule has 1 spiro atoms. The monoisotopic (exact) mass is 346 g/mol. The number of halogens is 3. The van der Waals surface area contributed by atoms with Crippen LogP contribution in [0.2, 0.25) is 0 Å². The van der Waals surface area contributed by atoms with Gasteiger partial charge in [-0.3, -0.25) is 9.78 Å². The summed E-state index contributed by atoms with van der Waals surface area (Å²) >= 11 is 1.81. The number of rotatable bonds is 2. The van der Waals surface area contributed by atoms with Gasteiger partial charge in [-0.15, -0.1) is 0 Å². The van der Waals surface area contributed by atoms with Crippen molar-refractivity contribution in [1.82, 2.24) is 10.3 Å². The second kappa shape index (κ2) is 6.32. The minimum Gasteiger partial charge on any atom is -0.374 e. The molecule has 2 unspecified atom stereocenters. The molecule has 2 fully saturated rings. The summed E-state index contributed by atoms with van der Waals surface area (Å²) in [7, 11) is 0. The van der Waals surface area contributed by atoms with E-state index in [0.717, 1.165) is 24.0 Å². The number of hydrogen-bond acceptors (Lipinski definition) is 4. The summed E-state index contributed by atoms with van der Waals surface area (Å²) < 4.78 is 44.8. The fourth-order valence-electron chi connectivity index (χ4n) is 3.10. The fraction of sp³-hybridized carbons (Fsp3) is 0.600. The molecule has 0 aromatic carbocycles. The summed E-state index contributed by atoms with van der Waals surface area (Å²) in [6.07, 6.45) is -0.521. The molecule has 0 aliphatic carbocycles. The zero-order valence-corrected chi connectivity index (χ0v) is 13.2. The van der Waals surface area contributed by atoms with Crippen LogP contribution >= 0.6 is 11.8 Å². The van der Waals surface area contributed by atoms with Crippen molar-refractivity contribution in [2.24, 2.45) is 0 Å². The van der Waals surface area contributed by atoms with Gasteiger partial charge in [0.2, 0.25) is 0 Å². The van der Waals surface area contributed by atoms with E-state index in [2.05, 4.69) is 10.3 Å². The minimum atomic E-state index is -4.60. The lowest BCUT2D eigenvalue weighted by molar-refractivity contribution is -0.138. The van der Waals surface area contributed by atoms with Gasteiger partial charge in [-0.1, -0.05) is 0 Å². The molecule has 0 radical (unpaired) electrons. The highest BCUT2D eigenvalue weighted by molar-refractivity contribution is 7.99. The van der Waals surface area contributed by atoms with Crippen molar-refractivity contribution in [3.05, 3.63) is 29.6 Å². The summed E-state index contributed by atoms with van der Waals surface area (Å²) in [4.78, 5) is 15.8. The Kier molecular flexibility index (Phi) is 4.55. The van der Waals surface area contributed by atoms with E-state index in [4.69, 9.17) is 4.74 Å². The predicted octanol–water partition coefficient (Wildman–Crippen LogP) is 2.88. The summed E-state index contributed by atoms with van der Waals surface area (Å²) in [5.41, 5.74) is -1.61. The first-order valence-electron chi connectivity index (χ1n) is 7.43. The first kappa shape index (κ1) is 16.6. The Hall–Kier alpha value is -1.28. The quantitative estimate of drug-likeness (QED) is 0.895. The average molecular weight is 346 g/mol. The van der Waals surface area contributed by atoms with Crippen LogP contribution in [0.4, 0.5) is 13.2 Å². The molecule has 0 saturated carbocycles. The van der Waals surface area contributed by atoms with E-state index in [0.29, 0.717) is 25.6 Å². The van der Waals surface area contributed by atoms with Gasteiger partial charge < -0.3 is 10.1 Å². The Balaban J connectivity index is 1.72. The molecule has 126 valence electrons. The molecular formula is C15H17F3N2O2S. The SMILES string of the molecule is O=C(NC1CCOC2(CCSC2)C1)c1ccncc1C(F)(F)F. The highest BCUT2D eigenvalue weighted by Crippen LogP contribution is 2.38. The van der Waals surface area contributed by atoms with Crippen LogP contribution in [-0.4, -0.2) is 40.6 Å². The number of alkyl halides is 3. The Morgan fingerprint density at radius 3 is 3.00 bits per heavy atom. The van der Waals surface area contributed by atoms with Crippen molar-refractivity contribution in [3.8, 4) is 0 Å². The summed E-state index contributed by atoms with van der Waals surface area (Å²) in [6.45, 7) is 0.522. The largest absolute Gasteiger partial charge is 0.418 e. The number of carbonyl (C=O) groups excluding carboxylic acids is 1. The van der Waals surface area contributed by atoms with E-state index in [-0.39, 0.29) is 17.2 Å². The lowest BCUT2D eigenvalue weighted by atomic mass is 9.89. The van der Waals surface area contributed by atoms with E-state index < -0.39 is 17.6 Å². The predicted molar refractivity (Wildman–Crippen MR) is 80.4 cm³/mol. The van der Waals surface area contributed by atoms with Crippen molar-refractivity contribution in [2.45, 2.75) is 37.1 Å². The van der Waals surface area contributed by atoms with Crippen molar-refractivity contribution < 1.29 is 22.7 Å². The lowest BCUT2D eigenvalue weighted by Gasteiger charge is -2.38. The number of carbonyl (C=O) groups is 1. The number of nitrogens with zero attached hydrogens (tertiary/aromatic N) is 1. The van der Waals surface area contributed by atoms with Gasteiger partial charge in [-0.05, 0) is 31.1 Å². The molecule has 4 nitrogen and oxygen atoms in total. The number of nitrogens with one attached hydrogen (secondary N) is 1. The molecule has 3 heterocycles. The molecule has 23 heavy (non-hydrogen) atoms. The normalized spacial score (nSPS) is 28.0. The van der Waals surface area contributed by atoms with Crippen LogP contribution in [0.5, 0.6) is 0 Å². The van der Waals surface area contributed by atoms with Gasteiger partial charge >= 0.3 is 6.18 Å². The molecule has 2 aliphatic heterocycles. The zero-order valence-electron chi connectivity index (χ0n) is 12.4. The standard InChI is InChI=1S/C15H17F3N2O2S/c16-15(17,18)12-8-19-4-1-11(12)13(21)20-10-2-5-22-14(7-10)3-6-23-9-14/h1,4,8,10H,2-3,5-7,9H2,(H,20,21). The highest BCUT2D eigenvalue weighted by atomic mass is 32.2. The van der Waals surface area contributed by atoms with Gasteiger partial charge in [-0.25, -0.2) is 0 Å². The van der Waals surface area contributed by atoms with Crippen molar-refractivity contribution in [1.29, 1.82) is 0 Å². The first-order valence-corrected chi connectivity index (χ1v) is 8.59. The second-order valence-corrected chi connectivity index (χ2v) is 7.02. The lowest BCUT2D eigenvalue weighted by Crippen LogP contribution is -2.49. The second-order valence-electron chi connectivity index (χ2n) is 5.92. The van der Waals surface area contributed by atoms with Crippen molar-refractivity contribution in [2.75, 3.05) is 18.1 Å². The van der Waals surface area contributed by atoms with Crippen molar-refractivity contribution >= 4 is 17.7 Å². The molecule has 8 heteroatoms. The van der Waals surface area contributed by atoms with Crippen molar-refractivity contribution in [3.63, 3.8) is 0 Å². The van der Waals surface area contributed by atoms with Gasteiger partial charge in [0, 0.05) is 30.8 Å². The Labute approximate surface area is 136 Å². The highest BCUT2D eigenvalue weighted by Gasteiger charge is 2.41. The maximum absolute atomic E-state index is 13.0. The van der Waals surface area contributed by atoms with Crippen LogP contribution in [0.15, 0.2) is 18.5 Å². The van der Waals surface area contributed by atoms with Crippen LogP contribution < -0.4 is 5.32 Å². The van der Waals surface area contributed by atoms with Crippen LogP contribution in [0.1, 0.15) is 35.2 Å². The van der Waals surface area contributed by atoms with Gasteiger partial charge in [0.15, 0.2) is 0 Å². The van der Waals surface area contributed by atoms with Crippen LogP contribution in [-0.2, 0) is 10.9 Å². The van der Waals surface area contributed by atoms with E-state index in [9.17, 15) is 18.0 Å². The minimum absolute atomic E-state index is 0.163. The van der Waals surface area contributed by atoms with Crippen LogP contribution in [0, 0.1) is 0 Å². The van der Waals surface area contributed by atoms with E-state index in [1.165, 1.54) is 6.20 Å². The van der Waals surface area contributed by atoms with Gasteiger partial charge in [-0.2, -0.15) is 24.9 Å². The van der Waals surface area contributed by atoms with Crippen LogP contribution in [0.25, 0.3) is 0 Å². The van der Waals surface area contributed by atoms with Gasteiger partial charge in [0.1, 0.15) is 0 Å². The van der Waals surface area contributed by atoms with E-state index >= 15 is 0 Å². The number of amides is 1. The number of aromatic nitrogens is 1. The molecule has 1 amide bonds. The van der Waals surface area contributed by atoms with E-state index in [1.54, 1.807) is 0 Å². The summed E-state index contributed by atoms with van der Waals surface area (Å²) in [5, 5.41) is 2.74. The topological polar surface area (TPSA) is 51.2 Å². The Morgan fingerprint density at radius 2 is 2.30 bits per heavy atom. The fourth-order valence-corrected chi connectivity index (χ4v) is 4.47. The number of hydrogen-bond donors (Lipinski definition) is 1. The maximum atomic E-state index is 13.0. The smallest absolute Gasteiger partial charge is 0.374 e. The zero-order chi connectivity index (χ0) is 16.5. The molecular weight excluding hydrogens is 329 g/mol. The molecule has 1 aromatic heterocycles.